The standard InChI is InChI=1S/C16H20N2O5S/c1-11(8-17)23-16(19)14-5-4-6-15(7-14)24(20,21)18-9-12(2)22-13(3)10-18/h4-7,11-13H,9-10H2,1-3H3/t11-,12+,13+/m0/s1. The number of hydrogen-bond acceptors (Lipinski definition) is 6. The van der Waals surface area contributed by atoms with Crippen molar-refractivity contribution in [2.75, 3.05) is 13.1 Å². The predicted octanol–water partition coefficient (Wildman–Crippen LogP) is 1.55. The summed E-state index contributed by atoms with van der Waals surface area (Å²) in [5.74, 6) is -0.732. The molecule has 1 heterocycles. The molecular formula is C16H20N2O5S. The van der Waals surface area contributed by atoms with E-state index in [2.05, 4.69) is 0 Å². The van der Waals surface area contributed by atoms with Gasteiger partial charge in [-0.2, -0.15) is 9.57 Å². The van der Waals surface area contributed by atoms with Crippen LogP contribution in [0.3, 0.4) is 0 Å². The van der Waals surface area contributed by atoms with E-state index in [9.17, 15) is 13.2 Å². The minimum Gasteiger partial charge on any atom is -0.444 e. The zero-order valence-electron chi connectivity index (χ0n) is 13.8. The molecular weight excluding hydrogens is 332 g/mol. The second kappa shape index (κ2) is 7.30. The summed E-state index contributed by atoms with van der Waals surface area (Å²) < 4.78 is 37.4. The number of morpholine rings is 1. The van der Waals surface area contributed by atoms with Crippen LogP contribution in [0.5, 0.6) is 0 Å². The second-order valence-electron chi connectivity index (χ2n) is 5.78. The summed E-state index contributed by atoms with van der Waals surface area (Å²) in [6.45, 7) is 5.58. The van der Waals surface area contributed by atoms with E-state index < -0.39 is 22.1 Å². The molecule has 0 radical (unpaired) electrons. The van der Waals surface area contributed by atoms with E-state index in [1.165, 1.54) is 35.5 Å². The Morgan fingerprint density at radius 3 is 2.58 bits per heavy atom. The fourth-order valence-corrected chi connectivity index (χ4v) is 4.15. The lowest BCUT2D eigenvalue weighted by Crippen LogP contribution is -2.48. The number of rotatable bonds is 4. The van der Waals surface area contributed by atoms with Gasteiger partial charge in [-0.25, -0.2) is 13.2 Å². The van der Waals surface area contributed by atoms with Crippen molar-refractivity contribution in [2.45, 2.75) is 44.0 Å². The van der Waals surface area contributed by atoms with Crippen molar-refractivity contribution < 1.29 is 22.7 Å². The maximum atomic E-state index is 12.8. The summed E-state index contributed by atoms with van der Waals surface area (Å²) >= 11 is 0. The SMILES string of the molecule is C[C@@H]1CN(S(=O)(=O)c2cccc(C(=O)O[C@@H](C)C#N)c2)C[C@@H](C)O1. The number of ether oxygens (including phenoxy) is 2. The molecule has 1 aromatic rings. The largest absolute Gasteiger partial charge is 0.444 e. The van der Waals surface area contributed by atoms with Gasteiger partial charge in [-0.3, -0.25) is 0 Å². The van der Waals surface area contributed by atoms with Gasteiger partial charge in [0.25, 0.3) is 0 Å². The van der Waals surface area contributed by atoms with Crippen LogP contribution in [0, 0.1) is 11.3 Å². The van der Waals surface area contributed by atoms with Crippen LogP contribution in [0.4, 0.5) is 0 Å². The number of carbonyl (C=O) groups excluding carboxylic acids is 1. The van der Waals surface area contributed by atoms with Gasteiger partial charge in [-0.1, -0.05) is 6.07 Å². The van der Waals surface area contributed by atoms with Crippen LogP contribution >= 0.6 is 0 Å². The Balaban J connectivity index is 2.27. The Bertz CT molecular complexity index is 746. The number of esters is 1. The maximum Gasteiger partial charge on any atom is 0.339 e. The van der Waals surface area contributed by atoms with Crippen molar-refractivity contribution in [1.29, 1.82) is 5.26 Å². The molecule has 1 fully saturated rings. The highest BCUT2D eigenvalue weighted by molar-refractivity contribution is 7.89. The fraction of sp³-hybridized carbons (Fsp3) is 0.500. The van der Waals surface area contributed by atoms with E-state index >= 15 is 0 Å². The predicted molar refractivity (Wildman–Crippen MR) is 85.7 cm³/mol. The molecule has 0 amide bonds. The quantitative estimate of drug-likeness (QED) is 0.763. The number of nitrogens with zero attached hydrogens (tertiary/aromatic N) is 2. The molecule has 0 aromatic heterocycles. The first-order valence-electron chi connectivity index (χ1n) is 7.60. The molecule has 24 heavy (non-hydrogen) atoms. The summed E-state index contributed by atoms with van der Waals surface area (Å²) in [5.41, 5.74) is 0.0903. The maximum absolute atomic E-state index is 12.8. The molecule has 1 saturated heterocycles. The van der Waals surface area contributed by atoms with Gasteiger partial charge >= 0.3 is 5.97 Å². The molecule has 0 saturated carbocycles. The van der Waals surface area contributed by atoms with E-state index in [1.54, 1.807) is 6.07 Å². The highest BCUT2D eigenvalue weighted by atomic mass is 32.2. The van der Waals surface area contributed by atoms with Crippen molar-refractivity contribution in [3.05, 3.63) is 29.8 Å². The molecule has 1 aliphatic rings. The first-order chi connectivity index (χ1) is 11.2. The zero-order valence-corrected chi connectivity index (χ0v) is 14.6. The minimum absolute atomic E-state index is 0.0165. The third-order valence-electron chi connectivity index (χ3n) is 3.56. The third kappa shape index (κ3) is 4.12. The van der Waals surface area contributed by atoms with E-state index in [0.29, 0.717) is 0 Å². The molecule has 0 spiro atoms. The van der Waals surface area contributed by atoms with Crippen LogP contribution in [0.15, 0.2) is 29.2 Å². The van der Waals surface area contributed by atoms with Crippen molar-refractivity contribution in [2.24, 2.45) is 0 Å². The number of hydrogen-bond donors (Lipinski definition) is 0. The van der Waals surface area contributed by atoms with E-state index in [4.69, 9.17) is 14.7 Å². The Morgan fingerprint density at radius 1 is 1.38 bits per heavy atom. The van der Waals surface area contributed by atoms with Crippen molar-refractivity contribution in [3.8, 4) is 6.07 Å². The number of carbonyl (C=O) groups is 1. The first kappa shape index (κ1) is 18.4. The van der Waals surface area contributed by atoms with Gasteiger partial charge in [-0.05, 0) is 39.0 Å². The lowest BCUT2D eigenvalue weighted by molar-refractivity contribution is -0.0440. The van der Waals surface area contributed by atoms with Crippen LogP contribution in [0.1, 0.15) is 31.1 Å². The summed E-state index contributed by atoms with van der Waals surface area (Å²) in [5, 5.41) is 8.69. The van der Waals surface area contributed by atoms with Crippen molar-refractivity contribution in [3.63, 3.8) is 0 Å². The molecule has 7 nitrogen and oxygen atoms in total. The molecule has 0 N–H and O–H groups in total. The summed E-state index contributed by atoms with van der Waals surface area (Å²) in [6.07, 6.45) is -1.31. The Morgan fingerprint density at radius 2 is 2.00 bits per heavy atom. The van der Waals surface area contributed by atoms with Gasteiger partial charge < -0.3 is 9.47 Å². The van der Waals surface area contributed by atoms with Crippen LogP contribution in [-0.4, -0.2) is 50.1 Å². The van der Waals surface area contributed by atoms with E-state index in [0.717, 1.165) is 0 Å². The molecule has 0 aliphatic carbocycles. The van der Waals surface area contributed by atoms with Gasteiger partial charge in [0.15, 0.2) is 6.10 Å². The number of sulfonamides is 1. The highest BCUT2D eigenvalue weighted by Crippen LogP contribution is 2.22. The van der Waals surface area contributed by atoms with Crippen LogP contribution in [0.25, 0.3) is 0 Å². The van der Waals surface area contributed by atoms with E-state index in [-0.39, 0.29) is 35.8 Å². The van der Waals surface area contributed by atoms with Gasteiger partial charge in [0.1, 0.15) is 6.07 Å². The average Bonchev–Trinajstić information content (AvgIpc) is 2.53. The normalized spacial score (nSPS) is 23.2. The topological polar surface area (TPSA) is 96.7 Å². The zero-order chi connectivity index (χ0) is 17.9. The third-order valence-corrected chi connectivity index (χ3v) is 5.39. The molecule has 1 aromatic carbocycles. The fourth-order valence-electron chi connectivity index (χ4n) is 2.51. The first-order valence-corrected chi connectivity index (χ1v) is 9.04. The summed E-state index contributed by atoms with van der Waals surface area (Å²) in [6, 6.07) is 7.43. The lowest BCUT2D eigenvalue weighted by Gasteiger charge is -2.34. The van der Waals surface area contributed by atoms with Gasteiger partial charge in [-0.15, -0.1) is 0 Å². The molecule has 2 rings (SSSR count). The summed E-state index contributed by atoms with van der Waals surface area (Å²) in [7, 11) is -3.74. The number of benzene rings is 1. The molecule has 0 bridgehead atoms. The monoisotopic (exact) mass is 352 g/mol. The van der Waals surface area contributed by atoms with Crippen LogP contribution in [-0.2, 0) is 19.5 Å². The molecule has 1 aliphatic heterocycles. The summed E-state index contributed by atoms with van der Waals surface area (Å²) in [4.78, 5) is 12.0. The van der Waals surface area contributed by atoms with Gasteiger partial charge in [0.2, 0.25) is 10.0 Å². The average molecular weight is 352 g/mol. The Kier molecular flexibility index (Phi) is 5.59. The molecule has 130 valence electrons. The Hall–Kier alpha value is -1.95. The highest BCUT2D eigenvalue weighted by Gasteiger charge is 2.32. The Labute approximate surface area is 141 Å². The molecule has 3 atom stereocenters. The van der Waals surface area contributed by atoms with Crippen molar-refractivity contribution in [1.82, 2.24) is 4.31 Å². The molecule has 0 unspecified atom stereocenters. The lowest BCUT2D eigenvalue weighted by atomic mass is 10.2. The van der Waals surface area contributed by atoms with Crippen LogP contribution < -0.4 is 0 Å². The molecule has 8 heteroatoms. The van der Waals surface area contributed by atoms with Crippen LogP contribution in [0.2, 0.25) is 0 Å². The second-order valence-corrected chi connectivity index (χ2v) is 7.72. The minimum atomic E-state index is -3.74. The number of nitriles is 1. The van der Waals surface area contributed by atoms with Gasteiger partial charge in [0, 0.05) is 13.1 Å². The smallest absolute Gasteiger partial charge is 0.339 e. The van der Waals surface area contributed by atoms with Crippen molar-refractivity contribution >= 4 is 16.0 Å². The van der Waals surface area contributed by atoms with Gasteiger partial charge in [0.05, 0.1) is 22.7 Å². The van der Waals surface area contributed by atoms with E-state index in [1.807, 2.05) is 13.8 Å².